The van der Waals surface area contributed by atoms with Crippen molar-refractivity contribution in [3.05, 3.63) is 63.7 Å². The minimum absolute atomic E-state index is 0.598. The second kappa shape index (κ2) is 6.97. The summed E-state index contributed by atoms with van der Waals surface area (Å²) in [5.41, 5.74) is 4.05. The third kappa shape index (κ3) is 3.39. The Kier molecular flexibility index (Phi) is 5.27. The van der Waals surface area contributed by atoms with Crippen LogP contribution in [0, 0.1) is 0 Å². The number of halogens is 1. The maximum Gasteiger partial charge on any atom is 0.126 e. The molecule has 0 heterocycles. The zero-order chi connectivity index (χ0) is 15.4. The van der Waals surface area contributed by atoms with Gasteiger partial charge in [0.2, 0.25) is 0 Å². The number of aryl methyl sites for hydroxylation is 2. The van der Waals surface area contributed by atoms with Gasteiger partial charge < -0.3 is 9.84 Å². The molecule has 1 unspecified atom stereocenters. The van der Waals surface area contributed by atoms with Gasteiger partial charge in [0.15, 0.2) is 0 Å². The summed E-state index contributed by atoms with van der Waals surface area (Å²) >= 11 is 5.99. The SMILES string of the molecule is CCc1ccc(CC)c(C(O)c2ccc(Cl)cc2OC)c1. The van der Waals surface area contributed by atoms with Gasteiger partial charge in [0.25, 0.3) is 0 Å². The molecule has 2 nitrogen and oxygen atoms in total. The summed E-state index contributed by atoms with van der Waals surface area (Å²) in [5, 5.41) is 11.4. The number of hydrogen-bond donors (Lipinski definition) is 1. The van der Waals surface area contributed by atoms with E-state index in [4.69, 9.17) is 16.3 Å². The molecule has 0 aliphatic rings. The van der Waals surface area contributed by atoms with E-state index in [9.17, 15) is 5.11 Å². The normalized spacial score (nSPS) is 12.2. The lowest BCUT2D eigenvalue weighted by Crippen LogP contribution is -2.06. The second-order valence-electron chi connectivity index (χ2n) is 5.03. The fourth-order valence-electron chi connectivity index (χ4n) is 2.52. The summed E-state index contributed by atoms with van der Waals surface area (Å²) in [6.07, 6.45) is 1.12. The fraction of sp³-hybridized carbons (Fsp3) is 0.333. The van der Waals surface area contributed by atoms with E-state index in [-0.39, 0.29) is 0 Å². The molecule has 21 heavy (non-hydrogen) atoms. The van der Waals surface area contributed by atoms with Gasteiger partial charge in [-0.2, -0.15) is 0 Å². The number of benzene rings is 2. The summed E-state index contributed by atoms with van der Waals surface area (Å²) in [5.74, 6) is 0.610. The van der Waals surface area contributed by atoms with Crippen LogP contribution >= 0.6 is 11.6 Å². The molecular weight excluding hydrogens is 284 g/mol. The van der Waals surface area contributed by atoms with E-state index < -0.39 is 6.10 Å². The lowest BCUT2D eigenvalue weighted by Gasteiger charge is -2.19. The van der Waals surface area contributed by atoms with Crippen LogP contribution in [0.15, 0.2) is 36.4 Å². The third-order valence-electron chi connectivity index (χ3n) is 3.78. The molecule has 112 valence electrons. The average molecular weight is 305 g/mol. The number of rotatable bonds is 5. The van der Waals surface area contributed by atoms with E-state index in [0.29, 0.717) is 10.8 Å². The number of aliphatic hydroxyl groups excluding tert-OH is 1. The van der Waals surface area contributed by atoms with Crippen LogP contribution in [0.3, 0.4) is 0 Å². The molecule has 0 spiro atoms. The molecule has 0 amide bonds. The average Bonchev–Trinajstić information content (AvgIpc) is 2.53. The Bertz CT molecular complexity index is 623. The highest BCUT2D eigenvalue weighted by Gasteiger charge is 2.18. The van der Waals surface area contributed by atoms with Crippen LogP contribution < -0.4 is 4.74 Å². The largest absolute Gasteiger partial charge is 0.496 e. The highest BCUT2D eigenvalue weighted by Crippen LogP contribution is 2.34. The van der Waals surface area contributed by atoms with Gasteiger partial charge in [-0.3, -0.25) is 0 Å². The van der Waals surface area contributed by atoms with E-state index >= 15 is 0 Å². The van der Waals surface area contributed by atoms with E-state index in [0.717, 1.165) is 29.5 Å². The van der Waals surface area contributed by atoms with Crippen molar-refractivity contribution >= 4 is 11.6 Å². The van der Waals surface area contributed by atoms with Gasteiger partial charge in [-0.1, -0.05) is 49.7 Å². The Balaban J connectivity index is 2.50. The van der Waals surface area contributed by atoms with Gasteiger partial charge in [-0.05, 0) is 41.7 Å². The molecular formula is C18H21ClO2. The molecule has 0 aliphatic carbocycles. The minimum Gasteiger partial charge on any atom is -0.496 e. The van der Waals surface area contributed by atoms with Crippen LogP contribution in [0.4, 0.5) is 0 Å². The maximum absolute atomic E-state index is 10.8. The standard InChI is InChI=1S/C18H21ClO2/c1-4-12-6-7-13(5-2)16(10-12)18(20)15-9-8-14(19)11-17(15)21-3/h6-11,18,20H,4-5H2,1-3H3. The monoisotopic (exact) mass is 304 g/mol. The Labute approximate surface area is 131 Å². The molecule has 1 atom stereocenters. The molecule has 0 aromatic heterocycles. The van der Waals surface area contributed by atoms with Gasteiger partial charge in [-0.25, -0.2) is 0 Å². The quantitative estimate of drug-likeness (QED) is 0.877. The smallest absolute Gasteiger partial charge is 0.126 e. The molecule has 2 aromatic carbocycles. The highest BCUT2D eigenvalue weighted by atomic mass is 35.5. The van der Waals surface area contributed by atoms with Crippen LogP contribution in [0.2, 0.25) is 5.02 Å². The predicted octanol–water partition coefficient (Wildman–Crippen LogP) is 4.56. The van der Waals surface area contributed by atoms with E-state index in [1.807, 2.05) is 6.07 Å². The molecule has 0 fully saturated rings. The van der Waals surface area contributed by atoms with Gasteiger partial charge in [-0.15, -0.1) is 0 Å². The molecule has 0 aliphatic heterocycles. The Morgan fingerprint density at radius 1 is 1.05 bits per heavy atom. The minimum atomic E-state index is -0.710. The molecule has 2 aromatic rings. The van der Waals surface area contributed by atoms with Crippen LogP contribution in [0.25, 0.3) is 0 Å². The van der Waals surface area contributed by atoms with Crippen molar-refractivity contribution < 1.29 is 9.84 Å². The highest BCUT2D eigenvalue weighted by molar-refractivity contribution is 6.30. The van der Waals surface area contributed by atoms with Crippen molar-refractivity contribution in [3.63, 3.8) is 0 Å². The lowest BCUT2D eigenvalue weighted by atomic mass is 9.92. The van der Waals surface area contributed by atoms with Crippen molar-refractivity contribution in [2.45, 2.75) is 32.8 Å². The summed E-state index contributed by atoms with van der Waals surface area (Å²) < 4.78 is 5.35. The van der Waals surface area contributed by atoms with Crippen molar-refractivity contribution in [3.8, 4) is 5.75 Å². The zero-order valence-corrected chi connectivity index (χ0v) is 13.4. The van der Waals surface area contributed by atoms with Gasteiger partial charge in [0, 0.05) is 10.6 Å². The summed E-state index contributed by atoms with van der Waals surface area (Å²) in [7, 11) is 1.59. The maximum atomic E-state index is 10.8. The Hall–Kier alpha value is -1.51. The van der Waals surface area contributed by atoms with E-state index in [1.165, 1.54) is 5.56 Å². The number of aliphatic hydroxyl groups is 1. The zero-order valence-electron chi connectivity index (χ0n) is 12.7. The van der Waals surface area contributed by atoms with Gasteiger partial charge in [0.05, 0.1) is 7.11 Å². The predicted molar refractivity (Wildman–Crippen MR) is 87.3 cm³/mol. The van der Waals surface area contributed by atoms with Crippen molar-refractivity contribution in [1.29, 1.82) is 0 Å². The molecule has 3 heteroatoms. The summed E-state index contributed by atoms with van der Waals surface area (Å²) in [4.78, 5) is 0. The third-order valence-corrected chi connectivity index (χ3v) is 4.02. The van der Waals surface area contributed by atoms with E-state index in [2.05, 4.69) is 32.0 Å². The Morgan fingerprint density at radius 3 is 2.43 bits per heavy atom. The first kappa shape index (κ1) is 15.9. The van der Waals surface area contributed by atoms with E-state index in [1.54, 1.807) is 19.2 Å². The fourth-order valence-corrected chi connectivity index (χ4v) is 2.68. The molecule has 0 saturated carbocycles. The molecule has 0 radical (unpaired) electrons. The number of ether oxygens (including phenoxy) is 1. The number of methoxy groups -OCH3 is 1. The first-order valence-corrected chi connectivity index (χ1v) is 7.61. The lowest BCUT2D eigenvalue weighted by molar-refractivity contribution is 0.213. The van der Waals surface area contributed by atoms with Crippen LogP contribution in [0.5, 0.6) is 5.75 Å². The Morgan fingerprint density at radius 2 is 1.81 bits per heavy atom. The van der Waals surface area contributed by atoms with Gasteiger partial charge >= 0.3 is 0 Å². The van der Waals surface area contributed by atoms with Crippen LogP contribution in [-0.4, -0.2) is 12.2 Å². The second-order valence-corrected chi connectivity index (χ2v) is 5.47. The first-order chi connectivity index (χ1) is 10.1. The van der Waals surface area contributed by atoms with Crippen molar-refractivity contribution in [2.75, 3.05) is 7.11 Å². The van der Waals surface area contributed by atoms with Crippen LogP contribution in [0.1, 0.15) is 42.2 Å². The molecule has 2 rings (SSSR count). The van der Waals surface area contributed by atoms with Crippen molar-refractivity contribution in [2.24, 2.45) is 0 Å². The molecule has 1 N–H and O–H groups in total. The summed E-state index contributed by atoms with van der Waals surface area (Å²) in [6, 6.07) is 11.6. The summed E-state index contributed by atoms with van der Waals surface area (Å²) in [6.45, 7) is 4.20. The van der Waals surface area contributed by atoms with Crippen LogP contribution in [-0.2, 0) is 12.8 Å². The number of hydrogen-bond acceptors (Lipinski definition) is 2. The molecule has 0 saturated heterocycles. The first-order valence-electron chi connectivity index (χ1n) is 7.23. The van der Waals surface area contributed by atoms with Gasteiger partial charge in [0.1, 0.15) is 11.9 Å². The van der Waals surface area contributed by atoms with Crippen molar-refractivity contribution in [1.82, 2.24) is 0 Å². The topological polar surface area (TPSA) is 29.5 Å². The molecule has 0 bridgehead atoms.